The van der Waals surface area contributed by atoms with Gasteiger partial charge in [-0.3, -0.25) is 9.03 Å². The van der Waals surface area contributed by atoms with E-state index >= 15 is 0 Å². The highest BCUT2D eigenvalue weighted by Gasteiger charge is 2.27. The fourth-order valence-electron chi connectivity index (χ4n) is 3.10. The third-order valence-corrected chi connectivity index (χ3v) is 7.63. The summed E-state index contributed by atoms with van der Waals surface area (Å²) in [5, 5.41) is 0. The second-order valence-electron chi connectivity index (χ2n) is 6.25. The Morgan fingerprint density at radius 2 is 1.77 bits per heavy atom. The first-order chi connectivity index (χ1) is 12.3. The third-order valence-electron chi connectivity index (χ3n) is 4.26. The molecule has 26 heavy (non-hydrogen) atoms. The van der Waals surface area contributed by atoms with Crippen molar-refractivity contribution < 1.29 is 16.8 Å². The minimum Gasteiger partial charge on any atom is -0.280 e. The highest BCUT2D eigenvalue weighted by Crippen LogP contribution is 2.32. The molecule has 0 amide bonds. The number of nitrogens with one attached hydrogen (secondary N) is 1. The van der Waals surface area contributed by atoms with Crippen LogP contribution in [0.2, 0.25) is 0 Å². The summed E-state index contributed by atoms with van der Waals surface area (Å²) in [4.78, 5) is 0.185. The number of fused-ring (bicyclic) bond motifs is 1. The zero-order valence-electron chi connectivity index (χ0n) is 14.6. The Hall–Kier alpha value is -2.06. The summed E-state index contributed by atoms with van der Waals surface area (Å²) in [6.07, 6.45) is 1.99. The normalized spacial score (nSPS) is 14.7. The summed E-state index contributed by atoms with van der Waals surface area (Å²) in [5.41, 5.74) is 1.92. The monoisotopic (exact) mass is 394 g/mol. The van der Waals surface area contributed by atoms with Crippen LogP contribution in [-0.2, 0) is 26.5 Å². The van der Waals surface area contributed by atoms with Crippen molar-refractivity contribution >= 4 is 31.4 Å². The van der Waals surface area contributed by atoms with Crippen molar-refractivity contribution in [1.82, 2.24) is 0 Å². The Balaban J connectivity index is 1.90. The number of anilines is 2. The fraction of sp³-hybridized carbons (Fsp3) is 0.333. The van der Waals surface area contributed by atoms with Gasteiger partial charge in [0, 0.05) is 12.2 Å². The highest BCUT2D eigenvalue weighted by atomic mass is 32.2. The zero-order valence-corrected chi connectivity index (χ0v) is 16.2. The predicted molar refractivity (Wildman–Crippen MR) is 103 cm³/mol. The Bertz CT molecular complexity index is 987. The molecule has 0 saturated carbocycles. The SMILES string of the molecule is CCCS(=O)(=O)N1CCCc2cc(NS(=O)(=O)c3ccccc3)ccc21. The third kappa shape index (κ3) is 3.86. The smallest absolute Gasteiger partial charge is 0.261 e. The summed E-state index contributed by atoms with van der Waals surface area (Å²) in [7, 11) is -7.02. The Kier molecular flexibility index (Phi) is 5.24. The molecule has 0 saturated heterocycles. The van der Waals surface area contributed by atoms with E-state index in [1.165, 1.54) is 16.4 Å². The molecule has 140 valence electrons. The van der Waals surface area contributed by atoms with Crippen LogP contribution in [0, 0.1) is 0 Å². The van der Waals surface area contributed by atoms with Crippen LogP contribution in [0.1, 0.15) is 25.3 Å². The lowest BCUT2D eigenvalue weighted by molar-refractivity contribution is 0.585. The maximum Gasteiger partial charge on any atom is 0.261 e. The lowest BCUT2D eigenvalue weighted by Gasteiger charge is -2.30. The van der Waals surface area contributed by atoms with E-state index < -0.39 is 20.0 Å². The van der Waals surface area contributed by atoms with Crippen LogP contribution in [0.5, 0.6) is 0 Å². The van der Waals surface area contributed by atoms with Crippen molar-refractivity contribution in [2.75, 3.05) is 21.3 Å². The number of hydrogen-bond donors (Lipinski definition) is 1. The van der Waals surface area contributed by atoms with Gasteiger partial charge in [0.1, 0.15) is 0 Å². The standard InChI is InChI=1S/C18H22N2O4S2/c1-2-13-25(21,22)20-12-6-7-15-14-16(10-11-18(15)20)19-26(23,24)17-8-4-3-5-9-17/h3-5,8-11,14,19H,2,6-7,12-13H2,1H3. The lowest BCUT2D eigenvalue weighted by Crippen LogP contribution is -2.37. The fourth-order valence-corrected chi connectivity index (χ4v) is 5.79. The van der Waals surface area contributed by atoms with Crippen molar-refractivity contribution in [3.05, 3.63) is 54.1 Å². The summed E-state index contributed by atoms with van der Waals surface area (Å²) >= 11 is 0. The number of nitrogens with zero attached hydrogens (tertiary/aromatic N) is 1. The Labute approximate surface area is 155 Å². The predicted octanol–water partition coefficient (Wildman–Crippen LogP) is 2.98. The Morgan fingerprint density at radius 1 is 1.04 bits per heavy atom. The molecule has 2 aromatic rings. The van der Waals surface area contributed by atoms with Gasteiger partial charge in [0.2, 0.25) is 10.0 Å². The molecule has 6 nitrogen and oxygen atoms in total. The number of rotatable bonds is 6. The first kappa shape index (κ1) is 18.7. The summed E-state index contributed by atoms with van der Waals surface area (Å²) < 4.78 is 53.9. The van der Waals surface area contributed by atoms with E-state index in [1.807, 2.05) is 6.92 Å². The number of aryl methyl sites for hydroxylation is 1. The Morgan fingerprint density at radius 3 is 2.46 bits per heavy atom. The van der Waals surface area contributed by atoms with Crippen LogP contribution in [-0.4, -0.2) is 29.1 Å². The van der Waals surface area contributed by atoms with Crippen molar-refractivity contribution in [2.45, 2.75) is 31.1 Å². The minimum absolute atomic E-state index is 0.106. The van der Waals surface area contributed by atoms with Crippen LogP contribution >= 0.6 is 0 Å². The molecule has 0 aromatic heterocycles. The van der Waals surface area contributed by atoms with Gasteiger partial charge < -0.3 is 0 Å². The van der Waals surface area contributed by atoms with Crippen molar-refractivity contribution in [3.8, 4) is 0 Å². The number of sulfonamides is 2. The van der Waals surface area contributed by atoms with Crippen LogP contribution < -0.4 is 9.03 Å². The van der Waals surface area contributed by atoms with E-state index in [2.05, 4.69) is 4.72 Å². The van der Waals surface area contributed by atoms with Gasteiger partial charge in [-0.15, -0.1) is 0 Å². The van der Waals surface area contributed by atoms with E-state index in [1.54, 1.807) is 36.4 Å². The molecule has 0 bridgehead atoms. The van der Waals surface area contributed by atoms with Gasteiger partial charge in [-0.05, 0) is 55.2 Å². The molecule has 0 spiro atoms. The van der Waals surface area contributed by atoms with E-state index in [4.69, 9.17) is 0 Å². The summed E-state index contributed by atoms with van der Waals surface area (Å²) in [5.74, 6) is 0.106. The van der Waals surface area contributed by atoms with E-state index in [0.717, 1.165) is 5.56 Å². The first-order valence-corrected chi connectivity index (χ1v) is 11.6. The topological polar surface area (TPSA) is 83.6 Å². The molecule has 0 unspecified atom stereocenters. The van der Waals surface area contributed by atoms with E-state index in [0.29, 0.717) is 37.2 Å². The molecule has 0 fully saturated rings. The van der Waals surface area contributed by atoms with Crippen molar-refractivity contribution in [1.29, 1.82) is 0 Å². The molecular formula is C18H22N2O4S2. The molecule has 1 N–H and O–H groups in total. The molecule has 1 aliphatic heterocycles. The molecule has 2 aromatic carbocycles. The van der Waals surface area contributed by atoms with E-state index in [-0.39, 0.29) is 10.6 Å². The van der Waals surface area contributed by atoms with Crippen LogP contribution in [0.3, 0.4) is 0 Å². The minimum atomic E-state index is -3.67. The molecule has 3 rings (SSSR count). The molecule has 1 heterocycles. The number of benzene rings is 2. The van der Waals surface area contributed by atoms with Gasteiger partial charge in [0.15, 0.2) is 0 Å². The quantitative estimate of drug-likeness (QED) is 0.816. The van der Waals surface area contributed by atoms with Gasteiger partial charge >= 0.3 is 0 Å². The lowest BCUT2D eigenvalue weighted by atomic mass is 10.0. The van der Waals surface area contributed by atoms with Crippen LogP contribution in [0.25, 0.3) is 0 Å². The largest absolute Gasteiger partial charge is 0.280 e. The molecule has 0 atom stereocenters. The van der Waals surface area contributed by atoms with Gasteiger partial charge in [-0.25, -0.2) is 16.8 Å². The maximum absolute atomic E-state index is 12.5. The molecule has 0 radical (unpaired) electrons. The molecular weight excluding hydrogens is 372 g/mol. The van der Waals surface area contributed by atoms with Crippen molar-refractivity contribution in [3.63, 3.8) is 0 Å². The average molecular weight is 395 g/mol. The van der Waals surface area contributed by atoms with Gasteiger partial charge in [0.05, 0.1) is 16.3 Å². The van der Waals surface area contributed by atoms with Gasteiger partial charge in [-0.2, -0.15) is 0 Å². The zero-order chi connectivity index (χ0) is 18.8. The number of hydrogen-bond acceptors (Lipinski definition) is 4. The van der Waals surface area contributed by atoms with Crippen LogP contribution in [0.15, 0.2) is 53.4 Å². The first-order valence-electron chi connectivity index (χ1n) is 8.55. The molecule has 8 heteroatoms. The highest BCUT2D eigenvalue weighted by molar-refractivity contribution is 7.93. The van der Waals surface area contributed by atoms with Crippen molar-refractivity contribution in [2.24, 2.45) is 0 Å². The second-order valence-corrected chi connectivity index (χ2v) is 9.95. The maximum atomic E-state index is 12.5. The van der Waals surface area contributed by atoms with Gasteiger partial charge in [0.25, 0.3) is 10.0 Å². The van der Waals surface area contributed by atoms with Gasteiger partial charge in [-0.1, -0.05) is 25.1 Å². The summed E-state index contributed by atoms with van der Waals surface area (Å²) in [6, 6.07) is 13.2. The van der Waals surface area contributed by atoms with Crippen LogP contribution in [0.4, 0.5) is 11.4 Å². The van der Waals surface area contributed by atoms with E-state index in [9.17, 15) is 16.8 Å². The molecule has 1 aliphatic rings. The average Bonchev–Trinajstić information content (AvgIpc) is 2.61. The summed E-state index contributed by atoms with van der Waals surface area (Å²) in [6.45, 7) is 2.30. The second kappa shape index (κ2) is 7.28. The molecule has 0 aliphatic carbocycles.